The van der Waals surface area contributed by atoms with E-state index >= 15 is 0 Å². The zero-order chi connectivity index (χ0) is 13.2. The first-order valence-electron chi connectivity index (χ1n) is 6.33. The third-order valence-electron chi connectivity index (χ3n) is 2.56. The van der Waals surface area contributed by atoms with Gasteiger partial charge in [0.05, 0.1) is 6.61 Å². The first-order chi connectivity index (χ1) is 8.77. The molecule has 0 aliphatic rings. The normalized spacial score (nSPS) is 10.3. The monoisotopic (exact) mass is 253 g/mol. The summed E-state index contributed by atoms with van der Waals surface area (Å²) in [5, 5.41) is 3.16. The van der Waals surface area contributed by atoms with Crippen LogP contribution in [-0.4, -0.2) is 26.0 Å². The number of halogens is 1. The molecule has 18 heavy (non-hydrogen) atoms. The fourth-order valence-electron chi connectivity index (χ4n) is 1.73. The molecule has 1 aromatic rings. The Morgan fingerprint density at radius 1 is 1.39 bits per heavy atom. The molecule has 100 valence electrons. The van der Waals surface area contributed by atoms with Gasteiger partial charge in [-0.1, -0.05) is 0 Å². The van der Waals surface area contributed by atoms with Crippen LogP contribution in [0.2, 0.25) is 0 Å². The molecule has 0 aliphatic carbocycles. The number of nitrogens with one attached hydrogen (secondary N) is 1. The lowest BCUT2D eigenvalue weighted by Gasteiger charge is -2.10. The van der Waals surface area contributed by atoms with Crippen LogP contribution < -0.4 is 10.1 Å². The number of carbonyl (C=O) groups excluding carboxylic acids is 1. The predicted molar refractivity (Wildman–Crippen MR) is 69.4 cm³/mol. The van der Waals surface area contributed by atoms with Crippen LogP contribution in [0.4, 0.5) is 4.39 Å². The first kappa shape index (κ1) is 14.6. The SMILES string of the molecule is CCOc1ccc(F)cc1CCCNCCC=O. The van der Waals surface area contributed by atoms with Crippen molar-refractivity contribution in [1.29, 1.82) is 0 Å². The highest BCUT2D eigenvalue weighted by Crippen LogP contribution is 2.21. The van der Waals surface area contributed by atoms with Gasteiger partial charge in [-0.05, 0) is 50.1 Å². The van der Waals surface area contributed by atoms with Gasteiger partial charge in [-0.2, -0.15) is 0 Å². The highest BCUT2D eigenvalue weighted by molar-refractivity contribution is 5.49. The molecule has 1 aromatic carbocycles. The van der Waals surface area contributed by atoms with E-state index < -0.39 is 0 Å². The summed E-state index contributed by atoms with van der Waals surface area (Å²) in [5.41, 5.74) is 0.897. The van der Waals surface area contributed by atoms with Crippen LogP contribution in [0.25, 0.3) is 0 Å². The molecule has 1 rings (SSSR count). The molecular weight excluding hydrogens is 233 g/mol. The second-order valence-corrected chi connectivity index (χ2v) is 3.99. The summed E-state index contributed by atoms with van der Waals surface area (Å²) < 4.78 is 18.6. The van der Waals surface area contributed by atoms with Gasteiger partial charge in [0.25, 0.3) is 0 Å². The van der Waals surface area contributed by atoms with Crippen molar-refractivity contribution in [3.05, 3.63) is 29.6 Å². The van der Waals surface area contributed by atoms with Gasteiger partial charge >= 0.3 is 0 Å². The number of hydrogen-bond acceptors (Lipinski definition) is 3. The maximum atomic E-state index is 13.2. The van der Waals surface area contributed by atoms with Crippen molar-refractivity contribution in [1.82, 2.24) is 5.32 Å². The van der Waals surface area contributed by atoms with Gasteiger partial charge in [0.1, 0.15) is 17.9 Å². The summed E-state index contributed by atoms with van der Waals surface area (Å²) in [6.07, 6.45) is 3.08. The average molecular weight is 253 g/mol. The third-order valence-corrected chi connectivity index (χ3v) is 2.56. The molecule has 0 unspecified atom stereocenters. The molecule has 0 spiro atoms. The van der Waals surface area contributed by atoms with E-state index in [2.05, 4.69) is 5.32 Å². The maximum Gasteiger partial charge on any atom is 0.123 e. The summed E-state index contributed by atoms with van der Waals surface area (Å²) in [6.45, 7) is 4.01. The Morgan fingerprint density at radius 2 is 2.22 bits per heavy atom. The summed E-state index contributed by atoms with van der Waals surface area (Å²) in [5.74, 6) is 0.522. The molecule has 4 heteroatoms. The fraction of sp³-hybridized carbons (Fsp3) is 0.500. The van der Waals surface area contributed by atoms with Crippen LogP contribution >= 0.6 is 0 Å². The lowest BCUT2D eigenvalue weighted by molar-refractivity contribution is -0.107. The van der Waals surface area contributed by atoms with Crippen LogP contribution in [0.5, 0.6) is 5.75 Å². The number of rotatable bonds is 9. The van der Waals surface area contributed by atoms with Gasteiger partial charge in [-0.15, -0.1) is 0 Å². The van der Waals surface area contributed by atoms with E-state index in [0.29, 0.717) is 19.6 Å². The van der Waals surface area contributed by atoms with Crippen molar-refractivity contribution in [3.63, 3.8) is 0 Å². The molecule has 1 N–H and O–H groups in total. The highest BCUT2D eigenvalue weighted by atomic mass is 19.1. The maximum absolute atomic E-state index is 13.2. The minimum absolute atomic E-state index is 0.234. The molecule has 0 aliphatic heterocycles. The van der Waals surface area contributed by atoms with Crippen LogP contribution in [0.1, 0.15) is 25.3 Å². The lowest BCUT2D eigenvalue weighted by Crippen LogP contribution is -2.17. The second kappa shape index (κ2) is 8.64. The molecule has 0 radical (unpaired) electrons. The van der Waals surface area contributed by atoms with E-state index in [9.17, 15) is 9.18 Å². The van der Waals surface area contributed by atoms with E-state index in [4.69, 9.17) is 4.74 Å². The zero-order valence-corrected chi connectivity index (χ0v) is 10.7. The summed E-state index contributed by atoms with van der Waals surface area (Å²) in [6, 6.07) is 4.61. The zero-order valence-electron chi connectivity index (χ0n) is 10.7. The number of ether oxygens (including phenoxy) is 1. The van der Waals surface area contributed by atoms with Gasteiger partial charge in [0.2, 0.25) is 0 Å². The Kier molecular flexibility index (Phi) is 7.03. The van der Waals surface area contributed by atoms with Crippen molar-refractivity contribution in [2.75, 3.05) is 19.7 Å². The summed E-state index contributed by atoms with van der Waals surface area (Å²) in [4.78, 5) is 10.1. The number of aryl methyl sites for hydroxylation is 1. The Morgan fingerprint density at radius 3 is 2.94 bits per heavy atom. The summed E-state index contributed by atoms with van der Waals surface area (Å²) >= 11 is 0. The third kappa shape index (κ3) is 5.27. The molecule has 0 bridgehead atoms. The van der Waals surface area contributed by atoms with Gasteiger partial charge in [0, 0.05) is 13.0 Å². The van der Waals surface area contributed by atoms with E-state index in [1.165, 1.54) is 12.1 Å². The Labute approximate surface area is 107 Å². The van der Waals surface area contributed by atoms with Crippen molar-refractivity contribution < 1.29 is 13.9 Å². The Balaban J connectivity index is 2.39. The number of hydrogen-bond donors (Lipinski definition) is 1. The molecular formula is C14H20FNO2. The number of carbonyl (C=O) groups is 1. The molecule has 0 atom stereocenters. The van der Waals surface area contributed by atoms with E-state index in [1.807, 2.05) is 6.92 Å². The molecule has 0 saturated heterocycles. The Hall–Kier alpha value is -1.42. The average Bonchev–Trinajstić information content (AvgIpc) is 2.37. The van der Waals surface area contributed by atoms with E-state index in [-0.39, 0.29) is 5.82 Å². The topological polar surface area (TPSA) is 38.3 Å². The molecule has 0 heterocycles. The van der Waals surface area contributed by atoms with E-state index in [1.54, 1.807) is 6.07 Å². The van der Waals surface area contributed by atoms with Crippen LogP contribution in [0, 0.1) is 5.82 Å². The molecule has 0 aromatic heterocycles. The van der Waals surface area contributed by atoms with E-state index in [0.717, 1.165) is 37.0 Å². The van der Waals surface area contributed by atoms with Gasteiger partial charge in [-0.3, -0.25) is 0 Å². The Bertz CT molecular complexity index is 369. The number of aldehydes is 1. The predicted octanol–water partition coefficient (Wildman–Crippen LogP) is 2.34. The fourth-order valence-corrected chi connectivity index (χ4v) is 1.73. The molecule has 3 nitrogen and oxygen atoms in total. The largest absolute Gasteiger partial charge is 0.494 e. The van der Waals surface area contributed by atoms with Crippen molar-refractivity contribution in [3.8, 4) is 5.75 Å². The van der Waals surface area contributed by atoms with Gasteiger partial charge in [0.15, 0.2) is 0 Å². The molecule has 0 amide bonds. The molecule has 0 fully saturated rings. The second-order valence-electron chi connectivity index (χ2n) is 3.99. The first-order valence-corrected chi connectivity index (χ1v) is 6.33. The van der Waals surface area contributed by atoms with Crippen LogP contribution in [-0.2, 0) is 11.2 Å². The van der Waals surface area contributed by atoms with Gasteiger partial charge in [-0.25, -0.2) is 4.39 Å². The van der Waals surface area contributed by atoms with Crippen molar-refractivity contribution in [2.45, 2.75) is 26.2 Å². The van der Waals surface area contributed by atoms with Crippen molar-refractivity contribution in [2.24, 2.45) is 0 Å². The minimum atomic E-state index is -0.234. The number of benzene rings is 1. The van der Waals surface area contributed by atoms with Crippen LogP contribution in [0.3, 0.4) is 0 Å². The minimum Gasteiger partial charge on any atom is -0.494 e. The molecule has 0 saturated carbocycles. The smallest absolute Gasteiger partial charge is 0.123 e. The van der Waals surface area contributed by atoms with Crippen LogP contribution in [0.15, 0.2) is 18.2 Å². The van der Waals surface area contributed by atoms with Gasteiger partial charge < -0.3 is 14.8 Å². The standard InChI is InChI=1S/C14H20FNO2/c1-2-18-14-7-6-13(15)11-12(14)5-3-8-16-9-4-10-17/h6-7,10-11,16H,2-5,8-9H2,1H3. The van der Waals surface area contributed by atoms with Crippen molar-refractivity contribution >= 4 is 6.29 Å². The highest BCUT2D eigenvalue weighted by Gasteiger charge is 2.04. The quantitative estimate of drug-likeness (QED) is 0.542. The summed E-state index contributed by atoms with van der Waals surface area (Å²) in [7, 11) is 0. The lowest BCUT2D eigenvalue weighted by atomic mass is 10.1.